The molecule has 3 aromatic rings. The van der Waals surface area contributed by atoms with Gasteiger partial charge in [-0.15, -0.1) is 36.2 Å². The summed E-state index contributed by atoms with van der Waals surface area (Å²) in [7, 11) is 0. The number of unbranched alkanes of at least 4 members (excludes halogenated alkanes) is 1. The fourth-order valence-electron chi connectivity index (χ4n) is 3.90. The topological polar surface area (TPSA) is 50.9 Å². The van der Waals surface area contributed by atoms with Crippen LogP contribution in [0, 0.1) is 0 Å². The van der Waals surface area contributed by atoms with E-state index in [2.05, 4.69) is 71.0 Å². The first-order valence-corrected chi connectivity index (χ1v) is 10.9. The lowest BCUT2D eigenvalue weighted by Crippen LogP contribution is -2.32. The average molecular weight is 462 g/mol. The fourth-order valence-corrected chi connectivity index (χ4v) is 4.79. The van der Waals surface area contributed by atoms with Crippen molar-refractivity contribution in [2.24, 2.45) is 0 Å². The normalized spacial score (nSPS) is 15.6. The summed E-state index contributed by atoms with van der Waals surface area (Å²) in [5.41, 5.74) is 11.1. The number of rotatable bonds is 7. The van der Waals surface area contributed by atoms with Crippen LogP contribution in [0.15, 0.2) is 66.7 Å². The first-order valence-electron chi connectivity index (χ1n) is 10.1. The van der Waals surface area contributed by atoms with Crippen LogP contribution >= 0.6 is 36.2 Å². The molecule has 2 aromatic carbocycles. The third kappa shape index (κ3) is 6.32. The highest BCUT2D eigenvalue weighted by Crippen LogP contribution is 2.31. The van der Waals surface area contributed by atoms with Crippen LogP contribution in [0.5, 0.6) is 0 Å². The van der Waals surface area contributed by atoms with Crippen molar-refractivity contribution in [2.75, 3.05) is 12.3 Å². The van der Waals surface area contributed by atoms with E-state index in [9.17, 15) is 0 Å². The SMILES string of the molecule is Cl.Cl.Nc1nc(-c2ccccc2)c(CCCCC2CC(c3ccccc3)=CCN2)s1. The van der Waals surface area contributed by atoms with Gasteiger partial charge in [-0.3, -0.25) is 0 Å². The van der Waals surface area contributed by atoms with E-state index in [4.69, 9.17) is 5.73 Å². The molecule has 0 spiro atoms. The molecule has 0 saturated carbocycles. The molecule has 6 heteroatoms. The summed E-state index contributed by atoms with van der Waals surface area (Å²) < 4.78 is 0. The number of thiazole rings is 1. The van der Waals surface area contributed by atoms with E-state index in [0.717, 1.165) is 30.6 Å². The molecular weight excluding hydrogens is 433 g/mol. The Labute approximate surface area is 195 Å². The van der Waals surface area contributed by atoms with Gasteiger partial charge in [0.15, 0.2) is 5.13 Å². The minimum Gasteiger partial charge on any atom is -0.375 e. The molecule has 0 bridgehead atoms. The number of nitrogen functional groups attached to an aromatic ring is 1. The molecular formula is C24H29Cl2N3S. The predicted octanol–water partition coefficient (Wildman–Crippen LogP) is 6.39. The van der Waals surface area contributed by atoms with Crippen LogP contribution in [-0.2, 0) is 6.42 Å². The number of hydrogen-bond donors (Lipinski definition) is 2. The van der Waals surface area contributed by atoms with E-state index in [1.807, 2.05) is 6.07 Å². The van der Waals surface area contributed by atoms with Crippen molar-refractivity contribution >= 4 is 46.9 Å². The van der Waals surface area contributed by atoms with Crippen LogP contribution in [0.4, 0.5) is 5.13 Å². The Bertz CT molecular complexity index is 926. The largest absolute Gasteiger partial charge is 0.375 e. The van der Waals surface area contributed by atoms with Gasteiger partial charge in [0.2, 0.25) is 0 Å². The van der Waals surface area contributed by atoms with Gasteiger partial charge >= 0.3 is 0 Å². The van der Waals surface area contributed by atoms with Crippen molar-refractivity contribution in [2.45, 2.75) is 38.1 Å². The molecule has 1 unspecified atom stereocenters. The zero-order valence-corrected chi connectivity index (χ0v) is 19.4. The summed E-state index contributed by atoms with van der Waals surface area (Å²) in [6.07, 6.45) is 8.09. The summed E-state index contributed by atoms with van der Waals surface area (Å²) in [4.78, 5) is 5.88. The molecule has 1 atom stereocenters. The second-order valence-corrected chi connectivity index (χ2v) is 8.46. The monoisotopic (exact) mass is 461 g/mol. The molecule has 0 amide bonds. The summed E-state index contributed by atoms with van der Waals surface area (Å²) in [6, 6.07) is 21.7. The van der Waals surface area contributed by atoms with Crippen LogP contribution in [0.2, 0.25) is 0 Å². The lowest BCUT2D eigenvalue weighted by molar-refractivity contribution is 0.477. The Morgan fingerprint density at radius 2 is 1.60 bits per heavy atom. The van der Waals surface area contributed by atoms with E-state index in [1.54, 1.807) is 11.3 Å². The van der Waals surface area contributed by atoms with E-state index in [-0.39, 0.29) is 24.8 Å². The Hall–Kier alpha value is -1.85. The van der Waals surface area contributed by atoms with Crippen molar-refractivity contribution in [1.29, 1.82) is 0 Å². The first-order chi connectivity index (χ1) is 13.8. The summed E-state index contributed by atoms with van der Waals surface area (Å²) >= 11 is 1.63. The number of anilines is 1. The zero-order chi connectivity index (χ0) is 19.2. The molecule has 2 heterocycles. The molecule has 4 rings (SSSR count). The lowest BCUT2D eigenvalue weighted by Gasteiger charge is -2.24. The summed E-state index contributed by atoms with van der Waals surface area (Å²) in [5.74, 6) is 0. The van der Waals surface area contributed by atoms with Gasteiger partial charge < -0.3 is 11.1 Å². The predicted molar refractivity (Wildman–Crippen MR) is 135 cm³/mol. The van der Waals surface area contributed by atoms with Gasteiger partial charge in [0.1, 0.15) is 0 Å². The number of halogens is 2. The highest BCUT2D eigenvalue weighted by Gasteiger charge is 2.16. The molecule has 30 heavy (non-hydrogen) atoms. The lowest BCUT2D eigenvalue weighted by atomic mass is 9.92. The quantitative estimate of drug-likeness (QED) is 0.400. The van der Waals surface area contributed by atoms with Gasteiger partial charge in [0, 0.05) is 23.0 Å². The second kappa shape index (κ2) is 12.1. The van der Waals surface area contributed by atoms with Crippen LogP contribution < -0.4 is 11.1 Å². The van der Waals surface area contributed by atoms with Gasteiger partial charge in [-0.1, -0.05) is 73.2 Å². The third-order valence-electron chi connectivity index (χ3n) is 5.33. The van der Waals surface area contributed by atoms with Crippen LogP contribution in [0.1, 0.15) is 36.1 Å². The molecule has 1 aliphatic rings. The number of nitrogens with zero attached hydrogens (tertiary/aromatic N) is 1. The van der Waals surface area contributed by atoms with Crippen molar-refractivity contribution in [3.63, 3.8) is 0 Å². The van der Waals surface area contributed by atoms with Gasteiger partial charge in [-0.2, -0.15) is 0 Å². The molecule has 0 fully saturated rings. The Kier molecular flexibility index (Phi) is 9.86. The number of nitrogens with two attached hydrogens (primary N) is 1. The maximum Gasteiger partial charge on any atom is 0.180 e. The number of aromatic nitrogens is 1. The molecule has 0 aliphatic carbocycles. The number of benzene rings is 2. The molecule has 0 saturated heterocycles. The summed E-state index contributed by atoms with van der Waals surface area (Å²) in [6.45, 7) is 0.971. The van der Waals surface area contributed by atoms with Crippen molar-refractivity contribution < 1.29 is 0 Å². The molecule has 3 N–H and O–H groups in total. The van der Waals surface area contributed by atoms with E-state index in [1.165, 1.54) is 35.3 Å². The highest BCUT2D eigenvalue weighted by atomic mass is 35.5. The van der Waals surface area contributed by atoms with Gasteiger partial charge in [-0.25, -0.2) is 4.98 Å². The van der Waals surface area contributed by atoms with Gasteiger partial charge in [0.25, 0.3) is 0 Å². The van der Waals surface area contributed by atoms with Crippen LogP contribution in [0.25, 0.3) is 16.8 Å². The molecule has 160 valence electrons. The maximum absolute atomic E-state index is 6.00. The van der Waals surface area contributed by atoms with Crippen LogP contribution in [0.3, 0.4) is 0 Å². The molecule has 1 aromatic heterocycles. The second-order valence-electron chi connectivity index (χ2n) is 7.34. The highest BCUT2D eigenvalue weighted by molar-refractivity contribution is 7.15. The van der Waals surface area contributed by atoms with Crippen molar-refractivity contribution in [3.05, 3.63) is 77.2 Å². The minimum atomic E-state index is 0. The number of nitrogens with one attached hydrogen (secondary N) is 1. The van der Waals surface area contributed by atoms with E-state index >= 15 is 0 Å². The number of aryl methyl sites for hydroxylation is 1. The Morgan fingerprint density at radius 3 is 2.30 bits per heavy atom. The number of hydrogen-bond acceptors (Lipinski definition) is 4. The molecule has 0 radical (unpaired) electrons. The Balaban J connectivity index is 0.00000160. The molecule has 3 nitrogen and oxygen atoms in total. The van der Waals surface area contributed by atoms with Crippen LogP contribution in [-0.4, -0.2) is 17.6 Å². The smallest absolute Gasteiger partial charge is 0.180 e. The Morgan fingerprint density at radius 1 is 0.933 bits per heavy atom. The van der Waals surface area contributed by atoms with E-state index < -0.39 is 0 Å². The van der Waals surface area contributed by atoms with E-state index in [0.29, 0.717) is 11.2 Å². The van der Waals surface area contributed by atoms with Crippen molar-refractivity contribution in [1.82, 2.24) is 10.3 Å². The van der Waals surface area contributed by atoms with Gasteiger partial charge in [0.05, 0.1) is 5.69 Å². The van der Waals surface area contributed by atoms with Crippen molar-refractivity contribution in [3.8, 4) is 11.3 Å². The standard InChI is InChI=1S/C24H27N3S.2ClH/c25-24-27-23(19-11-5-2-6-12-19)22(28-24)14-8-7-13-21-17-20(15-16-26-21)18-9-3-1-4-10-18;;/h1-6,9-12,15,21,26H,7-8,13-14,16-17H2,(H2,25,27);2*1H. The molecule has 1 aliphatic heterocycles. The zero-order valence-electron chi connectivity index (χ0n) is 16.9. The fraction of sp³-hybridized carbons (Fsp3) is 0.292. The summed E-state index contributed by atoms with van der Waals surface area (Å²) in [5, 5.41) is 4.32. The minimum absolute atomic E-state index is 0. The average Bonchev–Trinajstić information content (AvgIpc) is 3.13. The maximum atomic E-state index is 6.00. The first kappa shape index (κ1) is 24.4. The third-order valence-corrected chi connectivity index (χ3v) is 6.28. The van der Waals surface area contributed by atoms with Gasteiger partial charge in [-0.05, 0) is 36.8 Å².